The molecule has 0 aliphatic carbocycles. The van der Waals surface area contributed by atoms with Gasteiger partial charge in [0.25, 0.3) is 0 Å². The molecule has 0 aliphatic heterocycles. The van der Waals surface area contributed by atoms with E-state index in [1.165, 1.54) is 28.6 Å². The Labute approximate surface area is 155 Å². The number of nitrogens with zero attached hydrogens (tertiary/aromatic N) is 3. The Morgan fingerprint density at radius 3 is 2.46 bits per heavy atom. The van der Waals surface area contributed by atoms with Crippen molar-refractivity contribution >= 4 is 50.0 Å². The number of aromatic nitrogens is 1. The van der Waals surface area contributed by atoms with Crippen LogP contribution in [0.1, 0.15) is 16.1 Å². The average molecular weight is 395 g/mol. The highest BCUT2D eigenvalue weighted by Gasteiger charge is 2.28. The number of carbonyl (C=O) groups is 2. The van der Waals surface area contributed by atoms with Crippen LogP contribution in [-0.2, 0) is 14.8 Å². The molecule has 0 atom stereocenters. The standard InChI is InChI=1S/C16H17N3O5S2/c1-18(2)13(20)9-8-11-6-4-5-7-12(11)19(26(3,23)24)15-14(16(21)22)17-10-25-15/h4-10H,1-3H3,(H,21,22)/b9-8+. The van der Waals surface area contributed by atoms with Crippen molar-refractivity contribution in [3.63, 3.8) is 0 Å². The van der Waals surface area contributed by atoms with Crippen LogP contribution in [0.5, 0.6) is 0 Å². The summed E-state index contributed by atoms with van der Waals surface area (Å²) < 4.78 is 25.8. The number of sulfonamides is 1. The van der Waals surface area contributed by atoms with Gasteiger partial charge in [0.1, 0.15) is 5.00 Å². The zero-order valence-electron chi connectivity index (χ0n) is 14.3. The SMILES string of the molecule is CN(C)C(=O)/C=C/c1ccccc1N(c1scnc1C(=O)O)S(C)(=O)=O. The van der Waals surface area contributed by atoms with Crippen LogP contribution in [0, 0.1) is 0 Å². The molecular formula is C16H17N3O5S2. The molecule has 2 aromatic rings. The Hall–Kier alpha value is -2.72. The smallest absolute Gasteiger partial charge is 0.357 e. The van der Waals surface area contributed by atoms with E-state index in [9.17, 15) is 23.1 Å². The van der Waals surface area contributed by atoms with Crippen molar-refractivity contribution in [2.75, 3.05) is 24.7 Å². The number of para-hydroxylation sites is 1. The molecule has 0 aliphatic rings. The Morgan fingerprint density at radius 2 is 1.88 bits per heavy atom. The number of rotatable bonds is 6. The Morgan fingerprint density at radius 1 is 1.23 bits per heavy atom. The highest BCUT2D eigenvalue weighted by Crippen LogP contribution is 2.36. The van der Waals surface area contributed by atoms with E-state index < -0.39 is 16.0 Å². The van der Waals surface area contributed by atoms with Gasteiger partial charge in [-0.3, -0.25) is 4.79 Å². The Balaban J connectivity index is 2.63. The minimum atomic E-state index is -3.86. The number of carbonyl (C=O) groups excluding carboxylic acids is 1. The predicted octanol–water partition coefficient (Wildman–Crippen LogP) is 2.04. The van der Waals surface area contributed by atoms with Gasteiger partial charge in [-0.1, -0.05) is 18.2 Å². The summed E-state index contributed by atoms with van der Waals surface area (Å²) in [5.74, 6) is -1.60. The molecule has 1 aromatic carbocycles. The lowest BCUT2D eigenvalue weighted by molar-refractivity contribution is -0.123. The lowest BCUT2D eigenvalue weighted by Gasteiger charge is -2.23. The molecule has 1 amide bonds. The summed E-state index contributed by atoms with van der Waals surface area (Å²) in [7, 11) is -0.673. The normalized spacial score (nSPS) is 11.5. The van der Waals surface area contributed by atoms with Crippen LogP contribution in [0.2, 0.25) is 0 Å². The molecule has 8 nitrogen and oxygen atoms in total. The molecule has 138 valence electrons. The number of likely N-dealkylation sites (N-methyl/N-ethyl adjacent to an activating group) is 1. The van der Waals surface area contributed by atoms with Gasteiger partial charge in [0.15, 0.2) is 5.69 Å². The number of benzene rings is 1. The molecule has 0 bridgehead atoms. The van der Waals surface area contributed by atoms with Crippen LogP contribution in [0.25, 0.3) is 6.08 Å². The number of anilines is 2. The largest absolute Gasteiger partial charge is 0.476 e. The fraction of sp³-hybridized carbons (Fsp3) is 0.188. The second kappa shape index (κ2) is 7.67. The van der Waals surface area contributed by atoms with Crippen LogP contribution in [0.4, 0.5) is 10.7 Å². The number of carboxylic acids is 1. The fourth-order valence-electron chi connectivity index (χ4n) is 2.09. The van der Waals surface area contributed by atoms with E-state index in [1.807, 2.05) is 0 Å². The molecule has 0 saturated heterocycles. The summed E-state index contributed by atoms with van der Waals surface area (Å²) in [6.45, 7) is 0. The van der Waals surface area contributed by atoms with Crippen molar-refractivity contribution in [1.29, 1.82) is 0 Å². The third-order valence-electron chi connectivity index (χ3n) is 3.27. The maximum absolute atomic E-state index is 12.4. The highest BCUT2D eigenvalue weighted by molar-refractivity contribution is 7.92. The van der Waals surface area contributed by atoms with E-state index in [4.69, 9.17) is 0 Å². The molecule has 0 saturated carbocycles. The summed E-state index contributed by atoms with van der Waals surface area (Å²) in [6.07, 6.45) is 3.77. The third kappa shape index (κ3) is 4.27. The summed E-state index contributed by atoms with van der Waals surface area (Å²) >= 11 is 0.901. The molecule has 10 heteroatoms. The van der Waals surface area contributed by atoms with E-state index >= 15 is 0 Å². The zero-order chi connectivity index (χ0) is 19.5. The first-order chi connectivity index (χ1) is 12.1. The van der Waals surface area contributed by atoms with E-state index in [0.717, 1.165) is 21.9 Å². The first-order valence-corrected chi connectivity index (χ1v) is 10.0. The Kier molecular flexibility index (Phi) is 5.78. The van der Waals surface area contributed by atoms with Crippen molar-refractivity contribution < 1.29 is 23.1 Å². The second-order valence-corrected chi connectivity index (χ2v) is 8.13. The molecule has 26 heavy (non-hydrogen) atoms. The maximum Gasteiger partial charge on any atom is 0.357 e. The van der Waals surface area contributed by atoms with Crippen LogP contribution >= 0.6 is 11.3 Å². The minimum absolute atomic E-state index is 0.0280. The van der Waals surface area contributed by atoms with Gasteiger partial charge in [-0.25, -0.2) is 22.5 Å². The van der Waals surface area contributed by atoms with Gasteiger partial charge in [-0.05, 0) is 17.7 Å². The number of hydrogen-bond acceptors (Lipinski definition) is 6. The summed E-state index contributed by atoms with van der Waals surface area (Å²) in [4.78, 5) is 28.3. The van der Waals surface area contributed by atoms with E-state index in [0.29, 0.717) is 5.56 Å². The third-order valence-corrected chi connectivity index (χ3v) is 5.24. The second-order valence-electron chi connectivity index (χ2n) is 5.46. The predicted molar refractivity (Wildman–Crippen MR) is 100 cm³/mol. The quantitative estimate of drug-likeness (QED) is 0.750. The highest BCUT2D eigenvalue weighted by atomic mass is 32.2. The van der Waals surface area contributed by atoms with Gasteiger partial charge in [0.2, 0.25) is 15.9 Å². The Bertz CT molecular complexity index is 964. The van der Waals surface area contributed by atoms with Crippen molar-refractivity contribution in [3.05, 3.63) is 47.1 Å². The molecule has 1 heterocycles. The van der Waals surface area contributed by atoms with Gasteiger partial charge in [-0.2, -0.15) is 0 Å². The molecule has 0 spiro atoms. The number of hydrogen-bond donors (Lipinski definition) is 1. The topological polar surface area (TPSA) is 108 Å². The van der Waals surface area contributed by atoms with Crippen LogP contribution in [0.15, 0.2) is 35.9 Å². The number of aromatic carboxylic acids is 1. The molecule has 1 N–H and O–H groups in total. The van der Waals surface area contributed by atoms with Gasteiger partial charge in [0, 0.05) is 20.2 Å². The molecule has 0 fully saturated rings. The first-order valence-electron chi connectivity index (χ1n) is 7.28. The van der Waals surface area contributed by atoms with Crippen LogP contribution in [-0.4, -0.2) is 55.6 Å². The molecule has 0 radical (unpaired) electrons. The van der Waals surface area contributed by atoms with Crippen molar-refractivity contribution in [3.8, 4) is 0 Å². The summed E-state index contributed by atoms with van der Waals surface area (Å²) in [6, 6.07) is 6.48. The summed E-state index contributed by atoms with van der Waals surface area (Å²) in [5.41, 5.74) is 1.58. The lowest BCUT2D eigenvalue weighted by atomic mass is 10.1. The van der Waals surface area contributed by atoms with E-state index in [1.54, 1.807) is 32.3 Å². The number of carboxylic acid groups (broad SMARTS) is 1. The van der Waals surface area contributed by atoms with Gasteiger partial charge in [0.05, 0.1) is 17.5 Å². The van der Waals surface area contributed by atoms with Crippen molar-refractivity contribution in [1.82, 2.24) is 9.88 Å². The molecule has 0 unspecified atom stereocenters. The van der Waals surface area contributed by atoms with Gasteiger partial charge < -0.3 is 10.0 Å². The van der Waals surface area contributed by atoms with Crippen LogP contribution < -0.4 is 4.31 Å². The van der Waals surface area contributed by atoms with E-state index in [-0.39, 0.29) is 22.3 Å². The van der Waals surface area contributed by atoms with Crippen LogP contribution in [0.3, 0.4) is 0 Å². The molecular weight excluding hydrogens is 378 g/mol. The van der Waals surface area contributed by atoms with Gasteiger partial charge >= 0.3 is 5.97 Å². The van der Waals surface area contributed by atoms with E-state index in [2.05, 4.69) is 4.98 Å². The fourth-order valence-corrected chi connectivity index (χ4v) is 4.24. The first kappa shape index (κ1) is 19.6. The van der Waals surface area contributed by atoms with Gasteiger partial charge in [-0.15, -0.1) is 11.3 Å². The van der Waals surface area contributed by atoms with Crippen molar-refractivity contribution in [2.24, 2.45) is 0 Å². The monoisotopic (exact) mass is 395 g/mol. The maximum atomic E-state index is 12.4. The zero-order valence-corrected chi connectivity index (χ0v) is 15.9. The number of thiazole rings is 1. The molecule has 2 rings (SSSR count). The minimum Gasteiger partial charge on any atom is -0.476 e. The molecule has 1 aromatic heterocycles. The summed E-state index contributed by atoms with van der Waals surface area (Å²) in [5, 5.41) is 9.25. The average Bonchev–Trinajstić information content (AvgIpc) is 3.01. The van der Waals surface area contributed by atoms with Crippen molar-refractivity contribution in [2.45, 2.75) is 0 Å². The number of amides is 1. The lowest BCUT2D eigenvalue weighted by Crippen LogP contribution is -2.26.